The number of hydrogen-bond acceptors (Lipinski definition) is 2. The summed E-state index contributed by atoms with van der Waals surface area (Å²) in [5.74, 6) is 0.118. The highest BCUT2D eigenvalue weighted by atomic mass is 79.9. The average Bonchev–Trinajstić information content (AvgIpc) is 2.41. The van der Waals surface area contributed by atoms with Gasteiger partial charge in [0.2, 0.25) is 5.91 Å². The van der Waals surface area contributed by atoms with Gasteiger partial charge in [0.15, 0.2) is 0 Å². The van der Waals surface area contributed by atoms with Gasteiger partial charge in [0.1, 0.15) is 0 Å². The third kappa shape index (κ3) is 3.15. The molecule has 0 atom stereocenters. The molecule has 1 aliphatic heterocycles. The Bertz CT molecular complexity index is 508. The first-order chi connectivity index (χ1) is 8.99. The van der Waals surface area contributed by atoms with Crippen LogP contribution >= 0.6 is 15.9 Å². The van der Waals surface area contributed by atoms with Crippen molar-refractivity contribution < 1.29 is 9.59 Å². The number of carbonyl (C=O) groups is 2. The smallest absolute Gasteiger partial charge is 0.254 e. The molecule has 1 aliphatic rings. The molecular formula is C14H17BrN2O2. The van der Waals surface area contributed by atoms with Crippen molar-refractivity contribution in [3.63, 3.8) is 0 Å². The number of halogens is 1. The number of aryl methyl sites for hydroxylation is 1. The summed E-state index contributed by atoms with van der Waals surface area (Å²) in [4.78, 5) is 27.3. The van der Waals surface area contributed by atoms with Gasteiger partial charge in [-0.25, -0.2) is 0 Å². The van der Waals surface area contributed by atoms with Crippen molar-refractivity contribution in [1.29, 1.82) is 0 Å². The van der Waals surface area contributed by atoms with Gasteiger partial charge in [-0.05, 0) is 24.6 Å². The largest absolute Gasteiger partial charge is 0.339 e. The van der Waals surface area contributed by atoms with E-state index in [2.05, 4.69) is 15.9 Å². The lowest BCUT2D eigenvalue weighted by Gasteiger charge is -2.34. The molecule has 0 aliphatic carbocycles. The minimum absolute atomic E-state index is 0.0435. The number of benzene rings is 1. The fraction of sp³-hybridized carbons (Fsp3) is 0.429. The van der Waals surface area contributed by atoms with Gasteiger partial charge >= 0.3 is 0 Å². The van der Waals surface area contributed by atoms with Crippen LogP contribution in [0.3, 0.4) is 0 Å². The Morgan fingerprint density at radius 2 is 1.68 bits per heavy atom. The van der Waals surface area contributed by atoms with Crippen LogP contribution in [0.25, 0.3) is 0 Å². The highest BCUT2D eigenvalue weighted by Gasteiger charge is 2.24. The Balaban J connectivity index is 2.09. The normalized spacial score (nSPS) is 15.5. The van der Waals surface area contributed by atoms with Crippen LogP contribution in [0.2, 0.25) is 0 Å². The van der Waals surface area contributed by atoms with Crippen LogP contribution in [0.5, 0.6) is 0 Å². The number of amides is 2. The number of nitrogens with zero attached hydrogens (tertiary/aromatic N) is 2. The molecule has 1 fully saturated rings. The zero-order valence-electron chi connectivity index (χ0n) is 11.1. The van der Waals surface area contributed by atoms with E-state index in [1.54, 1.807) is 11.8 Å². The molecule has 102 valence electrons. The average molecular weight is 325 g/mol. The molecule has 2 rings (SSSR count). The second-order valence-corrected chi connectivity index (χ2v) is 5.67. The van der Waals surface area contributed by atoms with Crippen LogP contribution in [0.4, 0.5) is 0 Å². The van der Waals surface area contributed by atoms with Gasteiger partial charge in [-0.2, -0.15) is 0 Å². The van der Waals surface area contributed by atoms with Crippen LogP contribution in [0, 0.1) is 6.92 Å². The SMILES string of the molecule is CC(=O)N1CCN(C(=O)c2cc(Br)ccc2C)CC1. The molecule has 0 spiro atoms. The topological polar surface area (TPSA) is 40.6 Å². The maximum Gasteiger partial charge on any atom is 0.254 e. The minimum Gasteiger partial charge on any atom is -0.339 e. The third-order valence-corrected chi connectivity index (χ3v) is 3.94. The molecule has 1 aromatic rings. The van der Waals surface area contributed by atoms with Crippen molar-refractivity contribution >= 4 is 27.7 Å². The van der Waals surface area contributed by atoms with E-state index in [1.807, 2.05) is 30.0 Å². The van der Waals surface area contributed by atoms with E-state index in [1.165, 1.54) is 0 Å². The number of rotatable bonds is 1. The zero-order chi connectivity index (χ0) is 14.0. The molecule has 0 unspecified atom stereocenters. The van der Waals surface area contributed by atoms with Gasteiger partial charge < -0.3 is 9.80 Å². The van der Waals surface area contributed by atoms with Gasteiger partial charge in [-0.1, -0.05) is 22.0 Å². The standard InChI is InChI=1S/C14H17BrN2O2/c1-10-3-4-12(15)9-13(10)14(19)17-7-5-16(6-8-17)11(2)18/h3-4,9H,5-8H2,1-2H3. The Labute approximate surface area is 121 Å². The molecule has 0 N–H and O–H groups in total. The second-order valence-electron chi connectivity index (χ2n) is 4.76. The van der Waals surface area contributed by atoms with E-state index < -0.39 is 0 Å². The van der Waals surface area contributed by atoms with Gasteiger partial charge in [0.25, 0.3) is 5.91 Å². The lowest BCUT2D eigenvalue weighted by Crippen LogP contribution is -2.50. The predicted octanol–water partition coefficient (Wildman–Crippen LogP) is 2.06. The molecule has 0 saturated carbocycles. The fourth-order valence-corrected chi connectivity index (χ4v) is 2.58. The summed E-state index contributed by atoms with van der Waals surface area (Å²) in [5.41, 5.74) is 1.70. The molecular weight excluding hydrogens is 308 g/mol. The molecule has 4 nitrogen and oxygen atoms in total. The molecule has 19 heavy (non-hydrogen) atoms. The van der Waals surface area contributed by atoms with E-state index in [-0.39, 0.29) is 11.8 Å². The van der Waals surface area contributed by atoms with Crippen LogP contribution in [-0.2, 0) is 4.79 Å². The molecule has 0 aromatic heterocycles. The number of carbonyl (C=O) groups excluding carboxylic acids is 2. The van der Waals surface area contributed by atoms with Crippen molar-refractivity contribution in [3.8, 4) is 0 Å². The van der Waals surface area contributed by atoms with Gasteiger partial charge in [0.05, 0.1) is 0 Å². The Kier molecular flexibility index (Phi) is 4.24. The summed E-state index contributed by atoms with van der Waals surface area (Å²) in [5, 5.41) is 0. The van der Waals surface area contributed by atoms with Crippen molar-refractivity contribution in [1.82, 2.24) is 9.80 Å². The molecule has 0 bridgehead atoms. The van der Waals surface area contributed by atoms with E-state index in [4.69, 9.17) is 0 Å². The predicted molar refractivity (Wildman–Crippen MR) is 77.0 cm³/mol. The third-order valence-electron chi connectivity index (χ3n) is 3.44. The lowest BCUT2D eigenvalue weighted by molar-refractivity contribution is -0.130. The first-order valence-corrected chi connectivity index (χ1v) is 7.09. The van der Waals surface area contributed by atoms with Crippen molar-refractivity contribution in [3.05, 3.63) is 33.8 Å². The van der Waals surface area contributed by atoms with E-state index in [0.717, 1.165) is 15.6 Å². The van der Waals surface area contributed by atoms with E-state index >= 15 is 0 Å². The van der Waals surface area contributed by atoms with Crippen LogP contribution in [-0.4, -0.2) is 47.8 Å². The summed E-state index contributed by atoms with van der Waals surface area (Å²) in [6.45, 7) is 5.94. The van der Waals surface area contributed by atoms with E-state index in [0.29, 0.717) is 26.2 Å². The van der Waals surface area contributed by atoms with Crippen LogP contribution in [0.15, 0.2) is 22.7 Å². The molecule has 1 heterocycles. The molecule has 1 saturated heterocycles. The summed E-state index contributed by atoms with van der Waals surface area (Å²) in [6.07, 6.45) is 0. The molecule has 2 amide bonds. The maximum atomic E-state index is 12.5. The lowest BCUT2D eigenvalue weighted by atomic mass is 10.1. The monoisotopic (exact) mass is 324 g/mol. The maximum absolute atomic E-state index is 12.5. The second kappa shape index (κ2) is 5.74. The Hall–Kier alpha value is -1.36. The molecule has 5 heteroatoms. The highest BCUT2D eigenvalue weighted by Crippen LogP contribution is 2.18. The first-order valence-electron chi connectivity index (χ1n) is 6.30. The van der Waals surface area contributed by atoms with Crippen molar-refractivity contribution in [2.24, 2.45) is 0 Å². The summed E-state index contributed by atoms with van der Waals surface area (Å²) in [6, 6.07) is 5.72. The number of piperazine rings is 1. The van der Waals surface area contributed by atoms with Gasteiger partial charge in [-0.3, -0.25) is 9.59 Å². The quantitative estimate of drug-likeness (QED) is 0.793. The summed E-state index contributed by atoms with van der Waals surface area (Å²) < 4.78 is 0.906. The van der Waals surface area contributed by atoms with Gasteiger partial charge in [-0.15, -0.1) is 0 Å². The molecule has 1 aromatic carbocycles. The fourth-order valence-electron chi connectivity index (χ4n) is 2.22. The highest BCUT2D eigenvalue weighted by molar-refractivity contribution is 9.10. The zero-order valence-corrected chi connectivity index (χ0v) is 12.7. The van der Waals surface area contributed by atoms with Crippen LogP contribution < -0.4 is 0 Å². The van der Waals surface area contributed by atoms with Gasteiger partial charge in [0, 0.05) is 43.1 Å². The minimum atomic E-state index is 0.0435. The Morgan fingerprint density at radius 3 is 2.26 bits per heavy atom. The van der Waals surface area contributed by atoms with E-state index in [9.17, 15) is 9.59 Å². The van der Waals surface area contributed by atoms with Crippen molar-refractivity contribution in [2.75, 3.05) is 26.2 Å². The first kappa shape index (κ1) is 14.1. The Morgan fingerprint density at radius 1 is 1.11 bits per heavy atom. The summed E-state index contributed by atoms with van der Waals surface area (Å²) >= 11 is 3.39. The van der Waals surface area contributed by atoms with Crippen LogP contribution in [0.1, 0.15) is 22.8 Å². The van der Waals surface area contributed by atoms with Crippen molar-refractivity contribution in [2.45, 2.75) is 13.8 Å². The molecule has 0 radical (unpaired) electrons. The summed E-state index contributed by atoms with van der Waals surface area (Å²) in [7, 11) is 0. The number of hydrogen-bond donors (Lipinski definition) is 0.